The molecule has 2 fully saturated rings. The number of hydrogen-bond acceptors (Lipinski definition) is 4. The molecule has 1 aliphatic heterocycles. The molecule has 0 spiro atoms. The second kappa shape index (κ2) is 11.1. The lowest BCUT2D eigenvalue weighted by Crippen LogP contribution is -2.54. The lowest BCUT2D eigenvalue weighted by molar-refractivity contribution is -0.145. The van der Waals surface area contributed by atoms with Gasteiger partial charge in [0.1, 0.15) is 6.54 Å². The second-order valence-electron chi connectivity index (χ2n) is 11.0. The quantitative estimate of drug-likeness (QED) is 0.359. The monoisotopic (exact) mass is 570 g/mol. The summed E-state index contributed by atoms with van der Waals surface area (Å²) in [6.45, 7) is 0.431. The Hall–Kier alpha value is -3.95. The number of aryl methyl sites for hydroxylation is 1. The van der Waals surface area contributed by atoms with Crippen LogP contribution < -0.4 is 10.0 Å². The number of rotatable bonds is 6. The van der Waals surface area contributed by atoms with E-state index in [1.54, 1.807) is 17.0 Å². The first kappa shape index (κ1) is 27.2. The Morgan fingerprint density at radius 1 is 0.902 bits per heavy atom. The van der Waals surface area contributed by atoms with Crippen LogP contribution in [0.2, 0.25) is 0 Å². The smallest absolute Gasteiger partial charge is 0.240 e. The molecule has 2 heterocycles. The lowest BCUT2D eigenvalue weighted by atomic mass is 9.85. The highest BCUT2D eigenvalue weighted by atomic mass is 32.2. The maximum atomic E-state index is 13.6. The molecular weight excluding hydrogens is 536 g/mol. The van der Waals surface area contributed by atoms with Crippen molar-refractivity contribution in [2.45, 2.75) is 42.7 Å². The first-order valence-electron chi connectivity index (χ1n) is 14.1. The molecule has 2 amide bonds. The van der Waals surface area contributed by atoms with Gasteiger partial charge in [-0.15, -0.1) is 0 Å². The van der Waals surface area contributed by atoms with Crippen LogP contribution in [-0.2, 0) is 26.7 Å². The van der Waals surface area contributed by atoms with Gasteiger partial charge in [-0.1, -0.05) is 66.7 Å². The molecular formula is C32H34N4O4S. The molecule has 4 aromatic rings. The fourth-order valence-electron chi connectivity index (χ4n) is 6.19. The fraction of sp³-hybridized carbons (Fsp3) is 0.312. The maximum Gasteiger partial charge on any atom is 0.240 e. The SMILES string of the molecule is Cn1c(-c2ccccc2)cc2ccc(S(=O)(=O)NC3CCC(C(=O)N4CC(=O)NC[C@@H]4c4ccccc4)CC3)cc21. The van der Waals surface area contributed by atoms with Crippen molar-refractivity contribution in [3.8, 4) is 11.3 Å². The third-order valence-corrected chi connectivity index (χ3v) is 9.96. The molecule has 1 saturated heterocycles. The molecule has 1 aliphatic carbocycles. The van der Waals surface area contributed by atoms with E-state index in [1.165, 1.54) is 0 Å². The standard InChI is InChI=1S/C32H34N4O4S/c1-35-28(22-8-4-2-5-9-22)18-25-14-17-27(19-29(25)35)41(39,40)34-26-15-12-24(13-16-26)32(38)36-21-31(37)33-20-30(36)23-10-6-3-7-11-23/h2-11,14,17-19,24,26,30,34H,12-13,15-16,20-21H2,1H3,(H,33,37)/t24?,26?,30-/m1/s1. The van der Waals surface area contributed by atoms with Gasteiger partial charge in [-0.3, -0.25) is 9.59 Å². The summed E-state index contributed by atoms with van der Waals surface area (Å²) in [5.41, 5.74) is 3.93. The van der Waals surface area contributed by atoms with Crippen molar-refractivity contribution in [2.75, 3.05) is 13.1 Å². The zero-order valence-corrected chi connectivity index (χ0v) is 23.8. The van der Waals surface area contributed by atoms with Crippen LogP contribution in [0.5, 0.6) is 0 Å². The topological polar surface area (TPSA) is 101 Å². The van der Waals surface area contributed by atoms with E-state index in [2.05, 4.69) is 16.1 Å². The van der Waals surface area contributed by atoms with Gasteiger partial charge in [-0.2, -0.15) is 0 Å². The van der Waals surface area contributed by atoms with Gasteiger partial charge in [0.05, 0.1) is 10.9 Å². The van der Waals surface area contributed by atoms with E-state index in [9.17, 15) is 18.0 Å². The van der Waals surface area contributed by atoms with E-state index in [0.717, 1.165) is 27.7 Å². The number of sulfonamides is 1. The van der Waals surface area contributed by atoms with Crippen LogP contribution in [-0.4, -0.2) is 48.8 Å². The summed E-state index contributed by atoms with van der Waals surface area (Å²) in [6, 6.07) is 26.6. The summed E-state index contributed by atoms with van der Waals surface area (Å²) in [5.74, 6) is -0.416. The number of benzene rings is 3. The van der Waals surface area contributed by atoms with Crippen molar-refractivity contribution in [1.29, 1.82) is 0 Å². The average Bonchev–Trinajstić information content (AvgIpc) is 3.33. The van der Waals surface area contributed by atoms with Gasteiger partial charge in [0.15, 0.2) is 0 Å². The summed E-state index contributed by atoms with van der Waals surface area (Å²) in [7, 11) is -1.80. The van der Waals surface area contributed by atoms with Gasteiger partial charge in [-0.25, -0.2) is 13.1 Å². The number of amides is 2. The molecule has 2 N–H and O–H groups in total. The van der Waals surface area contributed by atoms with Crippen LogP contribution in [0.3, 0.4) is 0 Å². The predicted molar refractivity (Wildman–Crippen MR) is 158 cm³/mol. The molecule has 212 valence electrons. The molecule has 9 heteroatoms. The van der Waals surface area contributed by atoms with E-state index < -0.39 is 10.0 Å². The Morgan fingerprint density at radius 2 is 1.59 bits per heavy atom. The van der Waals surface area contributed by atoms with Crippen LogP contribution in [0.25, 0.3) is 22.2 Å². The lowest BCUT2D eigenvalue weighted by Gasteiger charge is -2.39. The van der Waals surface area contributed by atoms with Crippen molar-refractivity contribution < 1.29 is 18.0 Å². The van der Waals surface area contributed by atoms with Crippen LogP contribution >= 0.6 is 0 Å². The van der Waals surface area contributed by atoms with Crippen molar-refractivity contribution in [3.63, 3.8) is 0 Å². The maximum absolute atomic E-state index is 13.6. The molecule has 41 heavy (non-hydrogen) atoms. The highest BCUT2D eigenvalue weighted by Crippen LogP contribution is 2.32. The van der Waals surface area contributed by atoms with Gasteiger partial charge in [0.2, 0.25) is 21.8 Å². The largest absolute Gasteiger partial charge is 0.352 e. The third-order valence-electron chi connectivity index (χ3n) is 8.45. The molecule has 0 radical (unpaired) electrons. The van der Waals surface area contributed by atoms with Crippen LogP contribution in [0.1, 0.15) is 37.3 Å². The number of fused-ring (bicyclic) bond motifs is 1. The molecule has 3 aromatic carbocycles. The molecule has 1 saturated carbocycles. The average molecular weight is 571 g/mol. The molecule has 8 nitrogen and oxygen atoms in total. The zero-order valence-electron chi connectivity index (χ0n) is 23.0. The van der Waals surface area contributed by atoms with E-state index in [0.29, 0.717) is 32.2 Å². The number of nitrogens with zero attached hydrogens (tertiary/aromatic N) is 2. The van der Waals surface area contributed by atoms with Crippen molar-refractivity contribution in [1.82, 2.24) is 19.5 Å². The minimum Gasteiger partial charge on any atom is -0.352 e. The summed E-state index contributed by atoms with van der Waals surface area (Å²) in [6.07, 6.45) is 2.28. The number of carbonyl (C=O) groups is 2. The van der Waals surface area contributed by atoms with Gasteiger partial charge < -0.3 is 14.8 Å². The number of nitrogens with one attached hydrogen (secondary N) is 2. The molecule has 2 aliphatic rings. The van der Waals surface area contributed by atoms with Crippen molar-refractivity contribution >= 4 is 32.7 Å². The Bertz CT molecular complexity index is 1680. The van der Waals surface area contributed by atoms with E-state index in [-0.39, 0.29) is 41.3 Å². The summed E-state index contributed by atoms with van der Waals surface area (Å²) >= 11 is 0. The Balaban J connectivity index is 1.13. The molecule has 1 aromatic heterocycles. The Kier molecular flexibility index (Phi) is 7.40. The predicted octanol–water partition coefficient (Wildman–Crippen LogP) is 4.38. The van der Waals surface area contributed by atoms with Crippen molar-refractivity contribution in [2.24, 2.45) is 13.0 Å². The molecule has 1 atom stereocenters. The number of carbonyl (C=O) groups excluding carboxylic acids is 2. The normalized spacial score (nSPS) is 21.5. The van der Waals surface area contributed by atoms with Gasteiger partial charge in [0, 0.05) is 42.1 Å². The fourth-order valence-corrected chi connectivity index (χ4v) is 7.51. The molecule has 6 rings (SSSR count). The highest BCUT2D eigenvalue weighted by Gasteiger charge is 2.37. The third kappa shape index (κ3) is 5.52. The van der Waals surface area contributed by atoms with Gasteiger partial charge >= 0.3 is 0 Å². The summed E-state index contributed by atoms with van der Waals surface area (Å²) in [5, 5.41) is 3.86. The number of aromatic nitrogens is 1. The van der Waals surface area contributed by atoms with Crippen molar-refractivity contribution in [3.05, 3.63) is 90.5 Å². The molecule has 0 bridgehead atoms. The minimum atomic E-state index is -3.75. The Morgan fingerprint density at radius 3 is 2.29 bits per heavy atom. The van der Waals surface area contributed by atoms with Crippen LogP contribution in [0, 0.1) is 5.92 Å². The first-order valence-corrected chi connectivity index (χ1v) is 15.6. The minimum absolute atomic E-state index is 0.0293. The summed E-state index contributed by atoms with van der Waals surface area (Å²) in [4.78, 5) is 27.7. The zero-order chi connectivity index (χ0) is 28.6. The van der Waals surface area contributed by atoms with Crippen LogP contribution in [0.15, 0.2) is 89.8 Å². The number of hydrogen-bond donors (Lipinski definition) is 2. The van der Waals surface area contributed by atoms with Gasteiger partial charge in [0.25, 0.3) is 0 Å². The van der Waals surface area contributed by atoms with Gasteiger partial charge in [-0.05, 0) is 55.0 Å². The first-order chi connectivity index (χ1) is 19.8. The van der Waals surface area contributed by atoms with Crippen LogP contribution in [0.4, 0.5) is 0 Å². The highest BCUT2D eigenvalue weighted by molar-refractivity contribution is 7.89. The van der Waals surface area contributed by atoms with E-state index in [4.69, 9.17) is 0 Å². The molecule has 0 unspecified atom stereocenters. The Labute approximate surface area is 240 Å². The van der Waals surface area contributed by atoms with E-state index >= 15 is 0 Å². The van der Waals surface area contributed by atoms with E-state index in [1.807, 2.05) is 78.3 Å². The number of piperazine rings is 1. The summed E-state index contributed by atoms with van der Waals surface area (Å²) < 4.78 is 31.7. The second-order valence-corrected chi connectivity index (χ2v) is 12.8.